The summed E-state index contributed by atoms with van der Waals surface area (Å²) in [5, 5.41) is 2.26. The van der Waals surface area contributed by atoms with Crippen LogP contribution in [0.3, 0.4) is 0 Å². The van der Waals surface area contributed by atoms with Gasteiger partial charge in [0.15, 0.2) is 0 Å². The SMILES string of the molecule is COc1ccc(N(c2ccc(-c3cccc4c3oc3ccccc34)cc2)c2ccc3c(c2)C(c2ccccc2)(c2ccccc2)c2ccccc2-3)cc1. The van der Waals surface area contributed by atoms with E-state index in [0.717, 1.165) is 55.9 Å². The number of methoxy groups -OCH3 is 1. The average Bonchev–Trinajstić information content (AvgIpc) is 3.76. The molecule has 1 aliphatic carbocycles. The van der Waals surface area contributed by atoms with E-state index < -0.39 is 5.41 Å². The van der Waals surface area contributed by atoms with Gasteiger partial charge in [-0.25, -0.2) is 0 Å². The third-order valence-electron chi connectivity index (χ3n) is 10.9. The molecule has 10 rings (SSSR count). The van der Waals surface area contributed by atoms with Crippen molar-refractivity contribution < 1.29 is 9.15 Å². The second-order valence-corrected chi connectivity index (χ2v) is 13.6. The van der Waals surface area contributed by atoms with Gasteiger partial charge in [0, 0.05) is 33.4 Å². The fourth-order valence-electron chi connectivity index (χ4n) is 8.51. The van der Waals surface area contributed by atoms with Gasteiger partial charge in [-0.15, -0.1) is 0 Å². The number of benzene rings is 8. The van der Waals surface area contributed by atoms with Crippen LogP contribution in [0.4, 0.5) is 17.1 Å². The van der Waals surface area contributed by atoms with Gasteiger partial charge in [0.1, 0.15) is 16.9 Å². The summed E-state index contributed by atoms with van der Waals surface area (Å²) in [6.07, 6.45) is 0. The smallest absolute Gasteiger partial charge is 0.143 e. The molecular weight excluding hydrogens is 647 g/mol. The molecule has 0 amide bonds. The van der Waals surface area contributed by atoms with Gasteiger partial charge in [-0.2, -0.15) is 0 Å². The van der Waals surface area contributed by atoms with Crippen molar-refractivity contribution in [3.8, 4) is 28.0 Å². The fraction of sp³-hybridized carbons (Fsp3) is 0.0400. The molecule has 1 aromatic heterocycles. The minimum absolute atomic E-state index is 0.495. The van der Waals surface area contributed by atoms with Crippen LogP contribution in [0, 0.1) is 0 Å². The molecule has 0 saturated heterocycles. The summed E-state index contributed by atoms with van der Waals surface area (Å²) in [6, 6.07) is 69.6. The summed E-state index contributed by atoms with van der Waals surface area (Å²) in [5.41, 5.74) is 14.2. The Morgan fingerprint density at radius 2 is 1.02 bits per heavy atom. The Bertz CT molecular complexity index is 2710. The zero-order valence-corrected chi connectivity index (χ0v) is 29.2. The van der Waals surface area contributed by atoms with E-state index in [9.17, 15) is 0 Å². The van der Waals surface area contributed by atoms with Crippen LogP contribution in [0.5, 0.6) is 5.75 Å². The molecule has 252 valence electrons. The predicted octanol–water partition coefficient (Wildman–Crippen LogP) is 13.1. The Hall–Kier alpha value is -6.84. The van der Waals surface area contributed by atoms with E-state index in [1.54, 1.807) is 7.11 Å². The summed E-state index contributed by atoms with van der Waals surface area (Å²) in [5.74, 6) is 0.819. The lowest BCUT2D eigenvalue weighted by Crippen LogP contribution is -2.28. The Balaban J connectivity index is 1.16. The van der Waals surface area contributed by atoms with Crippen LogP contribution in [-0.2, 0) is 5.41 Å². The number of nitrogens with zero attached hydrogens (tertiary/aromatic N) is 1. The van der Waals surface area contributed by atoms with Crippen LogP contribution in [0.25, 0.3) is 44.2 Å². The minimum Gasteiger partial charge on any atom is -0.497 e. The van der Waals surface area contributed by atoms with Crippen LogP contribution >= 0.6 is 0 Å². The normalized spacial score (nSPS) is 12.8. The number of anilines is 3. The van der Waals surface area contributed by atoms with E-state index in [4.69, 9.17) is 9.15 Å². The molecule has 0 saturated carbocycles. The number of furan rings is 1. The Kier molecular flexibility index (Phi) is 7.26. The van der Waals surface area contributed by atoms with Crippen molar-refractivity contribution >= 4 is 39.0 Å². The standard InChI is InChI=1S/C50H35NO2/c1-52-40-30-27-38(28-31-40)51(37-25-23-34(24-26-37)41-19-12-20-45-44-18-9-11-22-48(44)53-49(41)45)39-29-32-43-42-17-8-10-21-46(42)50(47(43)33-39,35-13-4-2-5-14-35)36-15-6-3-7-16-36/h2-33H,1H3. The van der Waals surface area contributed by atoms with Gasteiger partial charge in [-0.05, 0) is 93.5 Å². The topological polar surface area (TPSA) is 25.6 Å². The van der Waals surface area contributed by atoms with Crippen molar-refractivity contribution in [2.45, 2.75) is 5.41 Å². The molecule has 0 spiro atoms. The van der Waals surface area contributed by atoms with Gasteiger partial charge >= 0.3 is 0 Å². The van der Waals surface area contributed by atoms with Crippen LogP contribution in [0.2, 0.25) is 0 Å². The zero-order chi connectivity index (χ0) is 35.4. The molecule has 0 bridgehead atoms. The van der Waals surface area contributed by atoms with Gasteiger partial charge in [-0.3, -0.25) is 0 Å². The predicted molar refractivity (Wildman–Crippen MR) is 218 cm³/mol. The molecule has 0 N–H and O–H groups in total. The van der Waals surface area contributed by atoms with Crippen LogP contribution in [0.1, 0.15) is 22.3 Å². The van der Waals surface area contributed by atoms with Crippen molar-refractivity contribution in [2.75, 3.05) is 12.0 Å². The van der Waals surface area contributed by atoms with E-state index in [-0.39, 0.29) is 0 Å². The first-order valence-electron chi connectivity index (χ1n) is 18.0. The number of hydrogen-bond donors (Lipinski definition) is 0. The summed E-state index contributed by atoms with van der Waals surface area (Å²) in [7, 11) is 1.71. The van der Waals surface area contributed by atoms with E-state index in [1.807, 2.05) is 24.3 Å². The molecular formula is C50H35NO2. The Morgan fingerprint density at radius 3 is 1.74 bits per heavy atom. The lowest BCUT2D eigenvalue weighted by atomic mass is 9.67. The highest BCUT2D eigenvalue weighted by atomic mass is 16.5. The van der Waals surface area contributed by atoms with Crippen molar-refractivity contribution in [3.63, 3.8) is 0 Å². The van der Waals surface area contributed by atoms with E-state index in [2.05, 4.69) is 175 Å². The van der Waals surface area contributed by atoms with Crippen LogP contribution in [0.15, 0.2) is 199 Å². The molecule has 9 aromatic rings. The average molecular weight is 682 g/mol. The number of ether oxygens (including phenoxy) is 1. The maximum absolute atomic E-state index is 6.42. The largest absolute Gasteiger partial charge is 0.497 e. The lowest BCUT2D eigenvalue weighted by molar-refractivity contribution is 0.415. The molecule has 1 heterocycles. The highest BCUT2D eigenvalue weighted by Gasteiger charge is 2.46. The molecule has 1 aliphatic rings. The molecule has 0 aliphatic heterocycles. The lowest BCUT2D eigenvalue weighted by Gasteiger charge is -2.35. The third kappa shape index (κ3) is 4.82. The van der Waals surface area contributed by atoms with Crippen LogP contribution in [-0.4, -0.2) is 7.11 Å². The van der Waals surface area contributed by atoms with Gasteiger partial charge in [0.25, 0.3) is 0 Å². The molecule has 0 fully saturated rings. The van der Waals surface area contributed by atoms with Gasteiger partial charge < -0.3 is 14.1 Å². The quantitative estimate of drug-likeness (QED) is 0.167. The summed E-state index contributed by atoms with van der Waals surface area (Å²) in [6.45, 7) is 0. The van der Waals surface area contributed by atoms with Crippen molar-refractivity contribution in [1.82, 2.24) is 0 Å². The molecule has 53 heavy (non-hydrogen) atoms. The highest BCUT2D eigenvalue weighted by Crippen LogP contribution is 2.57. The first kappa shape index (κ1) is 30.9. The Labute approximate surface area is 309 Å². The van der Waals surface area contributed by atoms with E-state index in [1.165, 1.54) is 33.4 Å². The molecule has 0 unspecified atom stereocenters. The maximum Gasteiger partial charge on any atom is 0.143 e. The second-order valence-electron chi connectivity index (χ2n) is 13.6. The second kappa shape index (κ2) is 12.4. The minimum atomic E-state index is -0.495. The first-order chi connectivity index (χ1) is 26.2. The van der Waals surface area contributed by atoms with Crippen molar-refractivity contribution in [1.29, 1.82) is 0 Å². The maximum atomic E-state index is 6.42. The fourth-order valence-corrected chi connectivity index (χ4v) is 8.51. The third-order valence-corrected chi connectivity index (χ3v) is 10.9. The van der Waals surface area contributed by atoms with E-state index >= 15 is 0 Å². The van der Waals surface area contributed by atoms with Crippen molar-refractivity contribution in [2.24, 2.45) is 0 Å². The highest BCUT2D eigenvalue weighted by molar-refractivity contribution is 6.09. The summed E-state index contributed by atoms with van der Waals surface area (Å²) in [4.78, 5) is 2.34. The molecule has 3 heteroatoms. The monoisotopic (exact) mass is 681 g/mol. The van der Waals surface area contributed by atoms with Gasteiger partial charge in [0.2, 0.25) is 0 Å². The number of rotatable bonds is 7. The molecule has 0 atom stereocenters. The Morgan fingerprint density at radius 1 is 0.453 bits per heavy atom. The van der Waals surface area contributed by atoms with Crippen LogP contribution < -0.4 is 9.64 Å². The molecule has 0 radical (unpaired) electrons. The summed E-state index contributed by atoms with van der Waals surface area (Å²) >= 11 is 0. The number of hydrogen-bond acceptors (Lipinski definition) is 3. The van der Waals surface area contributed by atoms with E-state index in [0.29, 0.717) is 0 Å². The van der Waals surface area contributed by atoms with Crippen molar-refractivity contribution in [3.05, 3.63) is 216 Å². The number of para-hydroxylation sites is 2. The first-order valence-corrected chi connectivity index (χ1v) is 18.0. The number of fused-ring (bicyclic) bond motifs is 6. The van der Waals surface area contributed by atoms with Gasteiger partial charge in [0.05, 0.1) is 12.5 Å². The molecule has 8 aromatic carbocycles. The zero-order valence-electron chi connectivity index (χ0n) is 29.2. The summed E-state index contributed by atoms with van der Waals surface area (Å²) < 4.78 is 12.0. The molecule has 3 nitrogen and oxygen atoms in total. The van der Waals surface area contributed by atoms with Gasteiger partial charge in [-0.1, -0.05) is 140 Å².